The number of ether oxygens (including phenoxy) is 1. The van der Waals surface area contributed by atoms with Crippen molar-refractivity contribution in [2.24, 2.45) is 0 Å². The number of aromatic amines is 1. The maximum absolute atomic E-state index is 5.66. The van der Waals surface area contributed by atoms with Crippen LogP contribution in [0.4, 0.5) is 0 Å². The van der Waals surface area contributed by atoms with E-state index in [1.807, 2.05) is 6.20 Å². The van der Waals surface area contributed by atoms with E-state index in [0.29, 0.717) is 0 Å². The average molecular weight is 244 g/mol. The summed E-state index contributed by atoms with van der Waals surface area (Å²) < 4.78 is 5.66. The van der Waals surface area contributed by atoms with Gasteiger partial charge in [0, 0.05) is 35.8 Å². The molecule has 96 valence electrons. The van der Waals surface area contributed by atoms with Crippen LogP contribution in [0.25, 0.3) is 10.9 Å². The number of rotatable bonds is 3. The van der Waals surface area contributed by atoms with Crippen LogP contribution >= 0.6 is 0 Å². The second-order valence-corrected chi connectivity index (χ2v) is 5.39. The molecule has 0 spiro atoms. The molecule has 0 radical (unpaired) electrons. The topological polar surface area (TPSA) is 37.0 Å². The third kappa shape index (κ3) is 1.93. The summed E-state index contributed by atoms with van der Waals surface area (Å²) in [5.41, 5.74) is 2.64. The van der Waals surface area contributed by atoms with Gasteiger partial charge in [0.15, 0.2) is 0 Å². The predicted molar refractivity (Wildman–Crippen MR) is 73.6 cm³/mol. The maximum Gasteiger partial charge on any atom is 0.0726 e. The molecule has 2 N–H and O–H groups in total. The zero-order valence-electron chi connectivity index (χ0n) is 11.0. The molecule has 1 saturated heterocycles. The molecule has 1 aliphatic rings. The highest BCUT2D eigenvalue weighted by atomic mass is 16.5. The van der Waals surface area contributed by atoms with E-state index in [9.17, 15) is 0 Å². The Labute approximate surface area is 108 Å². The van der Waals surface area contributed by atoms with Crippen LogP contribution in [0.2, 0.25) is 0 Å². The van der Waals surface area contributed by atoms with Gasteiger partial charge in [0.25, 0.3) is 0 Å². The monoisotopic (exact) mass is 244 g/mol. The van der Waals surface area contributed by atoms with Crippen molar-refractivity contribution < 1.29 is 4.74 Å². The van der Waals surface area contributed by atoms with Crippen molar-refractivity contribution in [1.82, 2.24) is 10.3 Å². The van der Waals surface area contributed by atoms with Crippen LogP contribution < -0.4 is 5.32 Å². The zero-order valence-corrected chi connectivity index (χ0v) is 11.0. The van der Waals surface area contributed by atoms with Gasteiger partial charge in [-0.1, -0.05) is 12.1 Å². The van der Waals surface area contributed by atoms with E-state index in [4.69, 9.17) is 4.74 Å². The molecule has 3 nitrogen and oxygen atoms in total. The predicted octanol–water partition coefficient (Wildman–Crippen LogP) is 2.83. The molecule has 2 heterocycles. The van der Waals surface area contributed by atoms with Gasteiger partial charge in [-0.05, 0) is 38.0 Å². The minimum atomic E-state index is 0.0957. The Morgan fingerprint density at radius 1 is 1.44 bits per heavy atom. The molecule has 1 fully saturated rings. The summed E-state index contributed by atoms with van der Waals surface area (Å²) in [6, 6.07) is 8.55. The number of H-pyrrole nitrogens is 1. The maximum atomic E-state index is 5.66. The van der Waals surface area contributed by atoms with E-state index in [-0.39, 0.29) is 11.6 Å². The molecular formula is C15H20N2O. The van der Waals surface area contributed by atoms with E-state index >= 15 is 0 Å². The molecule has 0 bridgehead atoms. The first kappa shape index (κ1) is 11.8. The van der Waals surface area contributed by atoms with Gasteiger partial charge in [0.2, 0.25) is 0 Å². The Balaban J connectivity index is 1.79. The highest BCUT2D eigenvalue weighted by Crippen LogP contribution is 2.26. The lowest BCUT2D eigenvalue weighted by atomic mass is 9.94. The highest BCUT2D eigenvalue weighted by molar-refractivity contribution is 5.82. The number of fused-ring (bicyclic) bond motifs is 1. The molecule has 0 aliphatic carbocycles. The summed E-state index contributed by atoms with van der Waals surface area (Å²) in [7, 11) is 0. The summed E-state index contributed by atoms with van der Waals surface area (Å²) >= 11 is 0. The van der Waals surface area contributed by atoms with Gasteiger partial charge in [-0.2, -0.15) is 0 Å². The number of aromatic nitrogens is 1. The number of benzene rings is 1. The normalized spacial score (nSPS) is 28.0. The van der Waals surface area contributed by atoms with E-state index in [1.54, 1.807) is 0 Å². The van der Waals surface area contributed by atoms with Gasteiger partial charge < -0.3 is 15.0 Å². The van der Waals surface area contributed by atoms with Crippen LogP contribution in [0, 0.1) is 0 Å². The molecule has 0 saturated carbocycles. The summed E-state index contributed by atoms with van der Waals surface area (Å²) in [4.78, 5) is 3.25. The summed E-state index contributed by atoms with van der Waals surface area (Å²) in [6.07, 6.45) is 3.36. The molecule has 2 aromatic rings. The van der Waals surface area contributed by atoms with Crippen LogP contribution in [0.1, 0.15) is 25.8 Å². The number of nitrogens with one attached hydrogen (secondary N) is 2. The zero-order chi connectivity index (χ0) is 12.6. The second-order valence-electron chi connectivity index (χ2n) is 5.39. The Morgan fingerprint density at radius 3 is 3.11 bits per heavy atom. The first-order chi connectivity index (χ1) is 8.69. The molecule has 2 unspecified atom stereocenters. The van der Waals surface area contributed by atoms with Gasteiger partial charge in [-0.15, -0.1) is 0 Å². The molecule has 3 rings (SSSR count). The molecular weight excluding hydrogens is 224 g/mol. The SMILES string of the molecule is CC1OCCC1(C)NCc1cccc2[nH]ccc12. The van der Waals surface area contributed by atoms with Crippen molar-refractivity contribution >= 4 is 10.9 Å². The summed E-state index contributed by atoms with van der Waals surface area (Å²) in [6.45, 7) is 6.15. The second kappa shape index (κ2) is 4.41. The molecule has 2 atom stereocenters. The van der Waals surface area contributed by atoms with Gasteiger partial charge >= 0.3 is 0 Å². The Morgan fingerprint density at radius 2 is 2.33 bits per heavy atom. The lowest BCUT2D eigenvalue weighted by molar-refractivity contribution is 0.0882. The third-order valence-corrected chi connectivity index (χ3v) is 4.25. The molecule has 18 heavy (non-hydrogen) atoms. The van der Waals surface area contributed by atoms with Crippen molar-refractivity contribution in [3.63, 3.8) is 0 Å². The summed E-state index contributed by atoms with van der Waals surface area (Å²) in [5.74, 6) is 0. The Hall–Kier alpha value is -1.32. The standard InChI is InChI=1S/C15H20N2O/c1-11-15(2,7-9-18-11)17-10-12-4-3-5-14-13(12)6-8-16-14/h3-6,8,11,16-17H,7,9-10H2,1-2H3. The third-order valence-electron chi connectivity index (χ3n) is 4.25. The average Bonchev–Trinajstić information content (AvgIpc) is 2.95. The molecule has 1 aromatic carbocycles. The fourth-order valence-corrected chi connectivity index (χ4v) is 2.67. The molecule has 0 amide bonds. The lowest BCUT2D eigenvalue weighted by Crippen LogP contribution is -2.47. The largest absolute Gasteiger partial charge is 0.377 e. The van der Waals surface area contributed by atoms with Gasteiger partial charge in [-0.25, -0.2) is 0 Å². The van der Waals surface area contributed by atoms with Crippen LogP contribution in [-0.4, -0.2) is 23.2 Å². The van der Waals surface area contributed by atoms with Crippen molar-refractivity contribution in [2.45, 2.75) is 38.5 Å². The van der Waals surface area contributed by atoms with Crippen LogP contribution in [0.15, 0.2) is 30.5 Å². The van der Waals surface area contributed by atoms with Crippen molar-refractivity contribution in [1.29, 1.82) is 0 Å². The first-order valence-corrected chi connectivity index (χ1v) is 6.61. The highest BCUT2D eigenvalue weighted by Gasteiger charge is 2.36. The fraction of sp³-hybridized carbons (Fsp3) is 0.467. The number of hydrogen-bond donors (Lipinski definition) is 2. The smallest absolute Gasteiger partial charge is 0.0726 e. The minimum Gasteiger partial charge on any atom is -0.377 e. The van der Waals surface area contributed by atoms with Crippen LogP contribution in [-0.2, 0) is 11.3 Å². The van der Waals surface area contributed by atoms with Gasteiger partial charge in [0.1, 0.15) is 0 Å². The number of hydrogen-bond acceptors (Lipinski definition) is 2. The van der Waals surface area contributed by atoms with E-state index < -0.39 is 0 Å². The van der Waals surface area contributed by atoms with Crippen molar-refractivity contribution in [2.75, 3.05) is 6.61 Å². The Bertz CT molecular complexity index is 548. The minimum absolute atomic E-state index is 0.0957. The van der Waals surface area contributed by atoms with Crippen molar-refractivity contribution in [3.8, 4) is 0 Å². The Kier molecular flexibility index (Phi) is 2.88. The van der Waals surface area contributed by atoms with Gasteiger partial charge in [0.05, 0.1) is 6.10 Å². The molecule has 1 aliphatic heterocycles. The molecule has 1 aromatic heterocycles. The van der Waals surface area contributed by atoms with E-state index in [2.05, 4.69) is 48.4 Å². The first-order valence-electron chi connectivity index (χ1n) is 6.61. The van der Waals surface area contributed by atoms with E-state index in [0.717, 1.165) is 19.6 Å². The van der Waals surface area contributed by atoms with Crippen molar-refractivity contribution in [3.05, 3.63) is 36.0 Å². The van der Waals surface area contributed by atoms with Gasteiger partial charge in [-0.3, -0.25) is 0 Å². The molecule has 3 heteroatoms. The fourth-order valence-electron chi connectivity index (χ4n) is 2.67. The van der Waals surface area contributed by atoms with E-state index in [1.165, 1.54) is 16.5 Å². The summed E-state index contributed by atoms with van der Waals surface area (Å²) in [5, 5.41) is 4.97. The van der Waals surface area contributed by atoms with Crippen LogP contribution in [0.5, 0.6) is 0 Å². The quantitative estimate of drug-likeness (QED) is 0.871. The van der Waals surface area contributed by atoms with Crippen LogP contribution in [0.3, 0.4) is 0 Å². The lowest BCUT2D eigenvalue weighted by Gasteiger charge is -2.29.